The summed E-state index contributed by atoms with van der Waals surface area (Å²) < 4.78 is 35.0. The fourth-order valence-electron chi connectivity index (χ4n) is 2.70. The Labute approximate surface area is 176 Å². The zero-order valence-electron chi connectivity index (χ0n) is 17.9. The number of hydrogen-bond donors (Lipinski definition) is 1. The smallest absolute Gasteiger partial charge is 0.425 e. The fourth-order valence-corrected chi connectivity index (χ4v) is 4.35. The van der Waals surface area contributed by atoms with E-state index in [1.54, 1.807) is 41.5 Å². The minimum absolute atomic E-state index is 0.129. The van der Waals surface area contributed by atoms with Crippen LogP contribution in [-0.2, 0) is 24.5 Å². The van der Waals surface area contributed by atoms with Gasteiger partial charge in [0, 0.05) is 18.7 Å². The van der Waals surface area contributed by atoms with Gasteiger partial charge in [-0.3, -0.25) is 4.79 Å². The molecule has 1 fully saturated rings. The van der Waals surface area contributed by atoms with E-state index in [1.807, 2.05) is 0 Å². The third-order valence-electron chi connectivity index (χ3n) is 3.62. The molecule has 168 valence electrons. The monoisotopic (exact) mass is 453 g/mol. The van der Waals surface area contributed by atoms with Crippen LogP contribution in [0.25, 0.3) is 0 Å². The molecule has 10 nitrogen and oxygen atoms in total. The first-order valence-electron chi connectivity index (χ1n) is 9.09. The zero-order valence-corrected chi connectivity index (χ0v) is 19.6. The Morgan fingerprint density at radius 1 is 1.10 bits per heavy atom. The molecule has 0 unspecified atom stereocenters. The minimum atomic E-state index is -4.44. The van der Waals surface area contributed by atoms with E-state index >= 15 is 0 Å². The Bertz CT molecular complexity index is 741. The first-order valence-corrected chi connectivity index (χ1v) is 11.5. The first-order chi connectivity index (χ1) is 12.9. The van der Waals surface area contributed by atoms with Gasteiger partial charge in [-0.15, -0.1) is 0 Å². The summed E-state index contributed by atoms with van der Waals surface area (Å²) in [6.45, 7) is 11.1. The van der Waals surface area contributed by atoms with Gasteiger partial charge in [-0.2, -0.15) is 12.7 Å². The van der Waals surface area contributed by atoms with Crippen molar-refractivity contribution in [3.05, 3.63) is 0 Å². The molecular formula is C17H31N3O7S2. The van der Waals surface area contributed by atoms with Crippen molar-refractivity contribution in [1.29, 1.82) is 0 Å². The molecule has 2 N–H and O–H groups in total. The number of thioether (sulfide) groups is 1. The van der Waals surface area contributed by atoms with Crippen LogP contribution in [0.4, 0.5) is 9.59 Å². The van der Waals surface area contributed by atoms with Gasteiger partial charge in [0.25, 0.3) is 0 Å². The van der Waals surface area contributed by atoms with E-state index in [-0.39, 0.29) is 23.3 Å². The molecule has 0 bridgehead atoms. The summed E-state index contributed by atoms with van der Waals surface area (Å²) in [4.78, 5) is 37.8. The molecule has 0 aromatic carbocycles. The molecular weight excluding hydrogens is 422 g/mol. The van der Waals surface area contributed by atoms with Gasteiger partial charge in [-0.25, -0.2) is 14.7 Å². The molecule has 0 spiro atoms. The second-order valence-electron chi connectivity index (χ2n) is 8.81. The molecule has 2 amide bonds. The first kappa shape index (κ1) is 25.5. The molecule has 0 aromatic rings. The lowest BCUT2D eigenvalue weighted by Gasteiger charge is -2.32. The highest BCUT2D eigenvalue weighted by Crippen LogP contribution is 2.30. The summed E-state index contributed by atoms with van der Waals surface area (Å²) in [6, 6.07) is -0.715. The van der Waals surface area contributed by atoms with E-state index in [0.717, 1.165) is 11.8 Å². The molecule has 1 rings (SSSR count). The molecule has 29 heavy (non-hydrogen) atoms. The van der Waals surface area contributed by atoms with Crippen molar-refractivity contribution in [2.45, 2.75) is 77.4 Å². The van der Waals surface area contributed by atoms with Crippen molar-refractivity contribution >= 4 is 39.3 Å². The van der Waals surface area contributed by atoms with Crippen LogP contribution in [0, 0.1) is 0 Å². The number of hydrogen-bond acceptors (Lipinski definition) is 8. The average molecular weight is 454 g/mol. The van der Waals surface area contributed by atoms with Crippen LogP contribution in [0.1, 0.15) is 54.9 Å². The standard InChI is InChI=1S/C17H31N3O7S2/c1-11(21)28-13-8-12(19(10-13)14(22)26-16(2,3)4)9-20(29(18,24)25)15(23)27-17(5,6)7/h12-13H,8-10H2,1-7H3,(H2,18,24,25)/t12-,13-/m1/s1. The Balaban J connectivity index is 3.12. The van der Waals surface area contributed by atoms with Crippen molar-refractivity contribution in [2.75, 3.05) is 13.1 Å². The van der Waals surface area contributed by atoms with E-state index < -0.39 is 46.2 Å². The summed E-state index contributed by atoms with van der Waals surface area (Å²) in [5, 5.41) is 4.83. The molecule has 0 aliphatic carbocycles. The van der Waals surface area contributed by atoms with Crippen molar-refractivity contribution in [3.8, 4) is 0 Å². The lowest BCUT2D eigenvalue weighted by atomic mass is 10.2. The van der Waals surface area contributed by atoms with Gasteiger partial charge in [0.1, 0.15) is 11.2 Å². The summed E-state index contributed by atoms with van der Waals surface area (Å²) in [6.07, 6.45) is -1.50. The highest BCUT2D eigenvalue weighted by atomic mass is 32.2. The third kappa shape index (κ3) is 8.79. The van der Waals surface area contributed by atoms with Crippen LogP contribution >= 0.6 is 11.8 Å². The largest absolute Gasteiger partial charge is 0.444 e. The molecule has 0 saturated carbocycles. The topological polar surface area (TPSA) is 136 Å². The van der Waals surface area contributed by atoms with Crippen molar-refractivity contribution in [3.63, 3.8) is 0 Å². The van der Waals surface area contributed by atoms with E-state index in [0.29, 0.717) is 4.31 Å². The van der Waals surface area contributed by atoms with E-state index in [2.05, 4.69) is 0 Å². The van der Waals surface area contributed by atoms with E-state index in [9.17, 15) is 22.8 Å². The number of nitrogens with zero attached hydrogens (tertiary/aromatic N) is 2. The molecule has 2 atom stereocenters. The molecule has 1 saturated heterocycles. The van der Waals surface area contributed by atoms with Gasteiger partial charge in [0.15, 0.2) is 5.12 Å². The number of ether oxygens (including phenoxy) is 2. The zero-order chi connectivity index (χ0) is 22.8. The molecule has 1 heterocycles. The second-order valence-corrected chi connectivity index (χ2v) is 11.8. The fraction of sp³-hybridized carbons (Fsp3) is 0.824. The average Bonchev–Trinajstić information content (AvgIpc) is 2.81. The van der Waals surface area contributed by atoms with Crippen LogP contribution in [0.3, 0.4) is 0 Å². The van der Waals surface area contributed by atoms with Crippen molar-refractivity contribution in [1.82, 2.24) is 9.21 Å². The highest BCUT2D eigenvalue weighted by molar-refractivity contribution is 8.14. The number of likely N-dealkylation sites (tertiary alicyclic amines) is 1. The lowest BCUT2D eigenvalue weighted by Crippen LogP contribution is -2.51. The Kier molecular flexibility index (Phi) is 7.99. The molecule has 12 heteroatoms. The summed E-state index contributed by atoms with van der Waals surface area (Å²) in [5.41, 5.74) is -1.70. The van der Waals surface area contributed by atoms with Crippen molar-refractivity contribution in [2.24, 2.45) is 5.14 Å². The van der Waals surface area contributed by atoms with Gasteiger partial charge < -0.3 is 14.4 Å². The van der Waals surface area contributed by atoms with Gasteiger partial charge >= 0.3 is 22.4 Å². The van der Waals surface area contributed by atoms with Gasteiger partial charge in [0.2, 0.25) is 0 Å². The Hall–Kier alpha value is -1.53. The normalized spacial score (nSPS) is 20.3. The van der Waals surface area contributed by atoms with Crippen LogP contribution in [0.5, 0.6) is 0 Å². The summed E-state index contributed by atoms with van der Waals surface area (Å²) in [7, 11) is -4.44. The third-order valence-corrected chi connectivity index (χ3v) is 5.54. The quantitative estimate of drug-likeness (QED) is 0.683. The maximum atomic E-state index is 12.6. The van der Waals surface area contributed by atoms with E-state index in [1.165, 1.54) is 11.8 Å². The second kappa shape index (κ2) is 9.09. The number of carbonyl (C=O) groups is 3. The van der Waals surface area contributed by atoms with Gasteiger partial charge in [0.05, 0.1) is 12.6 Å². The highest BCUT2D eigenvalue weighted by Gasteiger charge is 2.42. The van der Waals surface area contributed by atoms with Crippen LogP contribution in [-0.4, -0.2) is 70.5 Å². The molecule has 1 aliphatic rings. The molecule has 0 aromatic heterocycles. The van der Waals surface area contributed by atoms with Crippen LogP contribution in [0.15, 0.2) is 0 Å². The number of rotatable bonds is 4. The van der Waals surface area contributed by atoms with Crippen LogP contribution in [0.2, 0.25) is 0 Å². The predicted octanol–water partition coefficient (Wildman–Crippen LogP) is 2.08. The van der Waals surface area contributed by atoms with Crippen LogP contribution < -0.4 is 5.14 Å². The van der Waals surface area contributed by atoms with Gasteiger partial charge in [-0.1, -0.05) is 11.8 Å². The maximum Gasteiger partial charge on any atom is 0.425 e. The molecule has 0 radical (unpaired) electrons. The number of amides is 2. The van der Waals surface area contributed by atoms with E-state index in [4.69, 9.17) is 14.6 Å². The predicted molar refractivity (Wildman–Crippen MR) is 109 cm³/mol. The minimum Gasteiger partial charge on any atom is -0.444 e. The number of nitrogens with two attached hydrogens (primary N) is 1. The molecule has 1 aliphatic heterocycles. The lowest BCUT2D eigenvalue weighted by molar-refractivity contribution is -0.109. The summed E-state index contributed by atoms with van der Waals surface area (Å²) in [5.74, 6) is 0. The SMILES string of the molecule is CC(=O)S[C@@H]1C[C@H](CN(C(=O)OC(C)(C)C)S(N)(=O)=O)N(C(=O)OC(C)(C)C)C1. The summed E-state index contributed by atoms with van der Waals surface area (Å²) >= 11 is 1.05. The van der Waals surface area contributed by atoms with Crippen molar-refractivity contribution < 1.29 is 32.3 Å². The Morgan fingerprint density at radius 3 is 2.03 bits per heavy atom. The number of carbonyl (C=O) groups excluding carboxylic acids is 3. The van der Waals surface area contributed by atoms with Gasteiger partial charge in [-0.05, 0) is 48.0 Å². The maximum absolute atomic E-state index is 12.6. The Morgan fingerprint density at radius 2 is 1.62 bits per heavy atom.